The second-order valence-corrected chi connectivity index (χ2v) is 4.88. The first kappa shape index (κ1) is 14.8. The molecule has 0 saturated carbocycles. The normalized spacial score (nSPS) is 11.1. The van der Waals surface area contributed by atoms with Crippen LogP contribution in [-0.4, -0.2) is 27.5 Å². The summed E-state index contributed by atoms with van der Waals surface area (Å²) < 4.78 is 0.983. The van der Waals surface area contributed by atoms with E-state index in [2.05, 4.69) is 5.32 Å². The number of carbonyl (C=O) groups is 1. The molecule has 0 radical (unpaired) electrons. The van der Waals surface area contributed by atoms with E-state index >= 15 is 0 Å². The van der Waals surface area contributed by atoms with Crippen LogP contribution < -0.4 is 16.6 Å². The molecule has 3 N–H and O–H groups in total. The van der Waals surface area contributed by atoms with E-state index < -0.39 is 21.9 Å². The van der Waals surface area contributed by atoms with Crippen molar-refractivity contribution in [3.63, 3.8) is 0 Å². The number of nitrogens with two attached hydrogens (primary N) is 1. The van der Waals surface area contributed by atoms with E-state index in [-0.39, 0.29) is 18.8 Å². The van der Waals surface area contributed by atoms with Crippen LogP contribution >= 0.6 is 0 Å². The lowest BCUT2D eigenvalue weighted by Gasteiger charge is -2.19. The maximum atomic E-state index is 11.6. The van der Waals surface area contributed by atoms with Crippen LogP contribution in [0.4, 0.5) is 5.69 Å². The summed E-state index contributed by atoms with van der Waals surface area (Å²) >= 11 is 0. The zero-order valence-electron chi connectivity index (χ0n) is 10.8. The molecule has 0 aliphatic carbocycles. The molecule has 0 aliphatic heterocycles. The molecule has 1 amide bonds. The van der Waals surface area contributed by atoms with Crippen molar-refractivity contribution in [2.75, 3.05) is 6.54 Å². The fourth-order valence-electron chi connectivity index (χ4n) is 1.29. The van der Waals surface area contributed by atoms with Crippen LogP contribution in [0.5, 0.6) is 0 Å². The van der Waals surface area contributed by atoms with Crippen LogP contribution in [0.25, 0.3) is 0 Å². The molecule has 1 aromatic rings. The van der Waals surface area contributed by atoms with Gasteiger partial charge in [0.05, 0.1) is 11.1 Å². The molecule has 0 saturated heterocycles. The zero-order chi connectivity index (χ0) is 14.6. The summed E-state index contributed by atoms with van der Waals surface area (Å²) in [7, 11) is 0. The molecule has 0 aromatic carbocycles. The molecule has 19 heavy (non-hydrogen) atoms. The summed E-state index contributed by atoms with van der Waals surface area (Å²) in [6.07, 6.45) is 1.04. The van der Waals surface area contributed by atoms with Gasteiger partial charge in [-0.1, -0.05) is 0 Å². The summed E-state index contributed by atoms with van der Waals surface area (Å²) in [5, 5.41) is 13.1. The van der Waals surface area contributed by atoms with Gasteiger partial charge in [-0.2, -0.15) is 0 Å². The van der Waals surface area contributed by atoms with Crippen molar-refractivity contribution < 1.29 is 9.72 Å². The highest BCUT2D eigenvalue weighted by molar-refractivity contribution is 5.75. The lowest BCUT2D eigenvalue weighted by molar-refractivity contribution is -0.385. The van der Waals surface area contributed by atoms with Crippen LogP contribution in [-0.2, 0) is 11.3 Å². The molecule has 1 aromatic heterocycles. The number of hydrogen-bond donors (Lipinski definition) is 2. The Labute approximate surface area is 109 Å². The average molecular weight is 268 g/mol. The van der Waals surface area contributed by atoms with Gasteiger partial charge >= 0.3 is 0 Å². The second-order valence-electron chi connectivity index (χ2n) is 4.88. The number of amides is 1. The van der Waals surface area contributed by atoms with Gasteiger partial charge in [0, 0.05) is 24.2 Å². The zero-order valence-corrected chi connectivity index (χ0v) is 10.8. The molecular formula is C11H16N4O4. The van der Waals surface area contributed by atoms with Gasteiger partial charge in [-0.25, -0.2) is 0 Å². The Morgan fingerprint density at radius 2 is 2.16 bits per heavy atom. The van der Waals surface area contributed by atoms with Crippen molar-refractivity contribution in [2.45, 2.75) is 25.9 Å². The van der Waals surface area contributed by atoms with E-state index in [4.69, 9.17) is 5.73 Å². The molecule has 0 spiro atoms. The third-order valence-electron chi connectivity index (χ3n) is 2.23. The van der Waals surface area contributed by atoms with E-state index in [1.165, 1.54) is 0 Å². The lowest BCUT2D eigenvalue weighted by Crippen LogP contribution is -2.46. The fraction of sp³-hybridized carbons (Fsp3) is 0.455. The quantitative estimate of drug-likeness (QED) is 0.556. The first-order valence-corrected chi connectivity index (χ1v) is 5.59. The molecule has 8 nitrogen and oxygen atoms in total. The summed E-state index contributed by atoms with van der Waals surface area (Å²) in [5.41, 5.74) is 4.41. The number of carbonyl (C=O) groups excluding carboxylic acids is 1. The largest absolute Gasteiger partial charge is 0.353 e. The van der Waals surface area contributed by atoms with Crippen molar-refractivity contribution in [3.05, 3.63) is 38.8 Å². The van der Waals surface area contributed by atoms with E-state index in [0.717, 1.165) is 22.9 Å². The van der Waals surface area contributed by atoms with Gasteiger partial charge in [-0.05, 0) is 13.8 Å². The minimum absolute atomic E-state index is 0.244. The number of pyridine rings is 1. The predicted octanol–water partition coefficient (Wildman–Crippen LogP) is -0.390. The molecular weight excluding hydrogens is 252 g/mol. The molecule has 0 bridgehead atoms. The van der Waals surface area contributed by atoms with E-state index in [1.54, 1.807) is 13.8 Å². The number of hydrogen-bond acceptors (Lipinski definition) is 5. The monoisotopic (exact) mass is 268 g/mol. The highest BCUT2D eigenvalue weighted by atomic mass is 16.6. The molecule has 104 valence electrons. The van der Waals surface area contributed by atoms with Gasteiger partial charge in [0.1, 0.15) is 6.54 Å². The maximum Gasteiger partial charge on any atom is 0.285 e. The van der Waals surface area contributed by atoms with E-state index in [1.807, 2.05) is 0 Å². The van der Waals surface area contributed by atoms with E-state index in [9.17, 15) is 19.7 Å². The summed E-state index contributed by atoms with van der Waals surface area (Å²) in [6, 6.07) is 2.15. The van der Waals surface area contributed by atoms with Gasteiger partial charge in [0.2, 0.25) is 5.91 Å². The Hall–Kier alpha value is -2.22. The van der Waals surface area contributed by atoms with Crippen molar-refractivity contribution >= 4 is 11.6 Å². The minimum atomic E-state index is -0.628. The number of rotatable bonds is 5. The molecule has 1 heterocycles. The summed E-state index contributed by atoms with van der Waals surface area (Å²) in [6.45, 7) is 3.45. The highest BCUT2D eigenvalue weighted by Crippen LogP contribution is 2.06. The van der Waals surface area contributed by atoms with Crippen molar-refractivity contribution in [1.29, 1.82) is 0 Å². The number of nitrogens with one attached hydrogen (secondary N) is 1. The fourth-order valence-corrected chi connectivity index (χ4v) is 1.29. The maximum absolute atomic E-state index is 11.6. The SMILES string of the molecule is CC(C)(N)CNC(=O)Cn1cc([N+](=O)[O-])ccc1=O. The third-order valence-corrected chi connectivity index (χ3v) is 2.23. The average Bonchev–Trinajstić information content (AvgIpc) is 2.28. The first-order valence-electron chi connectivity index (χ1n) is 5.59. The number of aromatic nitrogens is 1. The summed E-state index contributed by atoms with van der Waals surface area (Å²) in [5.74, 6) is -0.430. The molecule has 0 unspecified atom stereocenters. The van der Waals surface area contributed by atoms with Crippen LogP contribution in [0.2, 0.25) is 0 Å². The van der Waals surface area contributed by atoms with Crippen LogP contribution in [0.15, 0.2) is 23.1 Å². The van der Waals surface area contributed by atoms with Crippen LogP contribution in [0.1, 0.15) is 13.8 Å². The van der Waals surface area contributed by atoms with Gasteiger partial charge in [0.25, 0.3) is 11.2 Å². The Bertz CT molecular complexity index is 544. The first-order chi connectivity index (χ1) is 8.69. The van der Waals surface area contributed by atoms with Gasteiger partial charge in [-0.15, -0.1) is 0 Å². The Morgan fingerprint density at radius 1 is 1.53 bits per heavy atom. The lowest BCUT2D eigenvalue weighted by atomic mass is 10.1. The number of nitro groups is 1. The van der Waals surface area contributed by atoms with Gasteiger partial charge in [-0.3, -0.25) is 24.3 Å². The molecule has 1 rings (SSSR count). The van der Waals surface area contributed by atoms with Crippen LogP contribution in [0, 0.1) is 10.1 Å². The van der Waals surface area contributed by atoms with Gasteiger partial charge < -0.3 is 11.1 Å². The van der Waals surface area contributed by atoms with E-state index in [0.29, 0.717) is 0 Å². The third kappa shape index (κ3) is 4.88. The van der Waals surface area contributed by atoms with Crippen molar-refractivity contribution in [2.24, 2.45) is 5.73 Å². The van der Waals surface area contributed by atoms with Gasteiger partial charge in [0.15, 0.2) is 0 Å². The van der Waals surface area contributed by atoms with Crippen LogP contribution in [0.3, 0.4) is 0 Å². The standard InChI is InChI=1S/C11H16N4O4/c1-11(2,12)7-13-9(16)6-14-5-8(15(18)19)3-4-10(14)17/h3-5H,6-7,12H2,1-2H3,(H,13,16). The smallest absolute Gasteiger partial charge is 0.285 e. The molecule has 0 aliphatic rings. The topological polar surface area (TPSA) is 120 Å². The molecule has 8 heteroatoms. The summed E-state index contributed by atoms with van der Waals surface area (Å²) in [4.78, 5) is 33.0. The second kappa shape index (κ2) is 5.61. The van der Waals surface area contributed by atoms with Crippen molar-refractivity contribution in [1.82, 2.24) is 9.88 Å². The molecule has 0 fully saturated rings. The minimum Gasteiger partial charge on any atom is -0.353 e. The Balaban J connectivity index is 2.76. The molecule has 0 atom stereocenters. The Kier molecular flexibility index (Phi) is 4.38. The van der Waals surface area contributed by atoms with Crippen molar-refractivity contribution in [3.8, 4) is 0 Å². The highest BCUT2D eigenvalue weighted by Gasteiger charge is 2.14. The predicted molar refractivity (Wildman–Crippen MR) is 68.6 cm³/mol. The Morgan fingerprint density at radius 3 is 2.68 bits per heavy atom. The number of nitrogens with zero attached hydrogens (tertiary/aromatic N) is 2.